The first-order valence-corrected chi connectivity index (χ1v) is 9.34. The lowest BCUT2D eigenvalue weighted by Gasteiger charge is -2.08. The van der Waals surface area contributed by atoms with Crippen LogP contribution < -0.4 is 0 Å². The van der Waals surface area contributed by atoms with Crippen molar-refractivity contribution in [2.75, 3.05) is 6.61 Å². The summed E-state index contributed by atoms with van der Waals surface area (Å²) in [5.41, 5.74) is 4.35. The SMILES string of the molecule is CCOC(=O)c1cc(-c2ccccc2)n2nc(-c3ccc(Br)cc3)cc2n1. The van der Waals surface area contributed by atoms with Crippen LogP contribution in [-0.2, 0) is 4.74 Å². The summed E-state index contributed by atoms with van der Waals surface area (Å²) in [4.78, 5) is 16.7. The zero-order chi connectivity index (χ0) is 18.8. The number of ether oxygens (including phenoxy) is 1. The Labute approximate surface area is 164 Å². The standard InChI is InChI=1S/C21H16BrN3O2/c1-2-27-21(26)18-12-19(15-6-4-3-5-7-15)25-20(23-18)13-17(24-25)14-8-10-16(22)11-9-14/h3-13H,2H2,1H3. The van der Waals surface area contributed by atoms with Gasteiger partial charge in [-0.05, 0) is 25.1 Å². The van der Waals surface area contributed by atoms with E-state index in [1.807, 2.05) is 60.7 Å². The molecular formula is C21H16BrN3O2. The molecule has 2 aromatic carbocycles. The Morgan fingerprint density at radius 2 is 1.78 bits per heavy atom. The van der Waals surface area contributed by atoms with Gasteiger partial charge in [-0.1, -0.05) is 58.4 Å². The number of nitrogens with zero attached hydrogens (tertiary/aromatic N) is 3. The summed E-state index contributed by atoms with van der Waals surface area (Å²) >= 11 is 3.45. The van der Waals surface area contributed by atoms with Crippen molar-refractivity contribution < 1.29 is 9.53 Å². The highest BCUT2D eigenvalue weighted by molar-refractivity contribution is 9.10. The summed E-state index contributed by atoms with van der Waals surface area (Å²) < 4.78 is 7.90. The van der Waals surface area contributed by atoms with Gasteiger partial charge < -0.3 is 4.74 Å². The first kappa shape index (κ1) is 17.4. The maximum atomic E-state index is 12.3. The molecule has 0 spiro atoms. The molecule has 0 N–H and O–H groups in total. The van der Waals surface area contributed by atoms with Crippen LogP contribution in [0.2, 0.25) is 0 Å². The van der Waals surface area contributed by atoms with E-state index in [-0.39, 0.29) is 5.69 Å². The van der Waals surface area contributed by atoms with Crippen LogP contribution in [0.5, 0.6) is 0 Å². The largest absolute Gasteiger partial charge is 0.461 e. The van der Waals surface area contributed by atoms with Crippen molar-refractivity contribution in [3.63, 3.8) is 0 Å². The maximum Gasteiger partial charge on any atom is 0.357 e. The number of benzene rings is 2. The monoisotopic (exact) mass is 421 g/mol. The minimum absolute atomic E-state index is 0.269. The van der Waals surface area contributed by atoms with E-state index in [4.69, 9.17) is 9.84 Å². The number of fused-ring (bicyclic) bond motifs is 1. The van der Waals surface area contributed by atoms with Gasteiger partial charge in [-0.25, -0.2) is 14.3 Å². The van der Waals surface area contributed by atoms with E-state index in [9.17, 15) is 4.79 Å². The number of carbonyl (C=O) groups is 1. The molecule has 0 aliphatic carbocycles. The van der Waals surface area contributed by atoms with Crippen LogP contribution in [0.3, 0.4) is 0 Å². The fraction of sp³-hybridized carbons (Fsp3) is 0.0952. The van der Waals surface area contributed by atoms with Crippen molar-refractivity contribution in [2.24, 2.45) is 0 Å². The van der Waals surface area contributed by atoms with Crippen molar-refractivity contribution in [1.82, 2.24) is 14.6 Å². The Hall–Kier alpha value is -2.99. The van der Waals surface area contributed by atoms with Crippen molar-refractivity contribution >= 4 is 27.5 Å². The van der Waals surface area contributed by atoms with Crippen LogP contribution in [-0.4, -0.2) is 27.2 Å². The quantitative estimate of drug-likeness (QED) is 0.435. The van der Waals surface area contributed by atoms with E-state index in [0.717, 1.165) is 27.0 Å². The molecule has 0 radical (unpaired) electrons. The molecule has 5 nitrogen and oxygen atoms in total. The predicted octanol–water partition coefficient (Wildman–Crippen LogP) is 5.00. The molecule has 2 heterocycles. The van der Waals surface area contributed by atoms with E-state index in [1.165, 1.54) is 0 Å². The first-order chi connectivity index (χ1) is 13.2. The Balaban J connectivity index is 1.92. The number of hydrogen-bond acceptors (Lipinski definition) is 4. The van der Waals surface area contributed by atoms with Gasteiger partial charge in [0.05, 0.1) is 18.0 Å². The van der Waals surface area contributed by atoms with Crippen LogP contribution in [0.25, 0.3) is 28.2 Å². The highest BCUT2D eigenvalue weighted by Gasteiger charge is 2.16. The van der Waals surface area contributed by atoms with E-state index >= 15 is 0 Å². The molecule has 0 amide bonds. The Kier molecular flexibility index (Phi) is 4.73. The van der Waals surface area contributed by atoms with E-state index < -0.39 is 5.97 Å². The molecule has 0 aliphatic heterocycles. The van der Waals surface area contributed by atoms with Gasteiger partial charge in [0, 0.05) is 21.7 Å². The average molecular weight is 422 g/mol. The highest BCUT2D eigenvalue weighted by Crippen LogP contribution is 2.26. The lowest BCUT2D eigenvalue weighted by Crippen LogP contribution is -2.09. The van der Waals surface area contributed by atoms with Crippen LogP contribution in [0.15, 0.2) is 71.2 Å². The van der Waals surface area contributed by atoms with Crippen LogP contribution in [0, 0.1) is 0 Å². The first-order valence-electron chi connectivity index (χ1n) is 8.55. The number of esters is 1. The van der Waals surface area contributed by atoms with Gasteiger partial charge in [-0.15, -0.1) is 0 Å². The second-order valence-electron chi connectivity index (χ2n) is 5.92. The highest BCUT2D eigenvalue weighted by atomic mass is 79.9. The summed E-state index contributed by atoms with van der Waals surface area (Å²) in [5.74, 6) is -0.441. The molecule has 0 bridgehead atoms. The third kappa shape index (κ3) is 3.48. The van der Waals surface area contributed by atoms with Gasteiger partial charge in [0.1, 0.15) is 0 Å². The zero-order valence-electron chi connectivity index (χ0n) is 14.6. The van der Waals surface area contributed by atoms with Crippen LogP contribution in [0.1, 0.15) is 17.4 Å². The topological polar surface area (TPSA) is 56.5 Å². The summed E-state index contributed by atoms with van der Waals surface area (Å²) in [6, 6.07) is 21.3. The Morgan fingerprint density at radius 3 is 2.48 bits per heavy atom. The molecular weight excluding hydrogens is 406 g/mol. The molecule has 0 unspecified atom stereocenters. The molecule has 2 aromatic heterocycles. The molecule has 0 atom stereocenters. The maximum absolute atomic E-state index is 12.3. The van der Waals surface area contributed by atoms with Crippen molar-refractivity contribution in [3.8, 4) is 22.5 Å². The smallest absolute Gasteiger partial charge is 0.357 e. The normalized spacial score (nSPS) is 10.9. The predicted molar refractivity (Wildman–Crippen MR) is 108 cm³/mol. The molecule has 6 heteroatoms. The summed E-state index contributed by atoms with van der Waals surface area (Å²) in [5, 5.41) is 4.72. The number of rotatable bonds is 4. The minimum Gasteiger partial charge on any atom is -0.461 e. The van der Waals surface area contributed by atoms with Gasteiger partial charge in [0.25, 0.3) is 0 Å². The Morgan fingerprint density at radius 1 is 1.04 bits per heavy atom. The van der Waals surface area contributed by atoms with E-state index in [1.54, 1.807) is 17.5 Å². The fourth-order valence-electron chi connectivity index (χ4n) is 2.86. The van der Waals surface area contributed by atoms with Crippen LogP contribution >= 0.6 is 15.9 Å². The van der Waals surface area contributed by atoms with Crippen molar-refractivity contribution in [2.45, 2.75) is 6.92 Å². The van der Waals surface area contributed by atoms with Crippen LogP contribution in [0.4, 0.5) is 0 Å². The van der Waals surface area contributed by atoms with Gasteiger partial charge in [-0.2, -0.15) is 5.10 Å². The zero-order valence-corrected chi connectivity index (χ0v) is 16.2. The second-order valence-corrected chi connectivity index (χ2v) is 6.84. The summed E-state index contributed by atoms with van der Waals surface area (Å²) in [6.07, 6.45) is 0. The molecule has 0 fully saturated rings. The molecule has 0 saturated carbocycles. The molecule has 134 valence electrons. The van der Waals surface area contributed by atoms with Crippen molar-refractivity contribution in [3.05, 3.63) is 76.9 Å². The van der Waals surface area contributed by atoms with Gasteiger partial charge in [-0.3, -0.25) is 0 Å². The van der Waals surface area contributed by atoms with Gasteiger partial charge >= 0.3 is 5.97 Å². The molecule has 27 heavy (non-hydrogen) atoms. The molecule has 4 aromatic rings. The lowest BCUT2D eigenvalue weighted by atomic mass is 10.1. The van der Waals surface area contributed by atoms with Gasteiger partial charge in [0.15, 0.2) is 11.3 Å². The average Bonchev–Trinajstić information content (AvgIpc) is 3.13. The molecule has 0 saturated heterocycles. The number of aromatic nitrogens is 3. The van der Waals surface area contributed by atoms with Crippen molar-refractivity contribution in [1.29, 1.82) is 0 Å². The number of carbonyl (C=O) groups excluding carboxylic acids is 1. The minimum atomic E-state index is -0.441. The Bertz CT molecular complexity index is 1110. The third-order valence-corrected chi connectivity index (χ3v) is 4.65. The molecule has 4 rings (SSSR count). The summed E-state index contributed by atoms with van der Waals surface area (Å²) in [7, 11) is 0. The summed E-state index contributed by atoms with van der Waals surface area (Å²) in [6.45, 7) is 2.08. The van der Waals surface area contributed by atoms with Gasteiger partial charge in [0.2, 0.25) is 0 Å². The third-order valence-electron chi connectivity index (χ3n) is 4.12. The second kappa shape index (κ2) is 7.32. The molecule has 0 aliphatic rings. The van der Waals surface area contributed by atoms with E-state index in [2.05, 4.69) is 20.9 Å². The van der Waals surface area contributed by atoms with E-state index in [0.29, 0.717) is 12.3 Å². The number of halogens is 1. The lowest BCUT2D eigenvalue weighted by molar-refractivity contribution is 0.0519. The fourth-order valence-corrected chi connectivity index (χ4v) is 3.12. The number of hydrogen-bond donors (Lipinski definition) is 0.